The number of rotatable bonds is 4. The van der Waals surface area contributed by atoms with Crippen LogP contribution >= 0.6 is 0 Å². The first kappa shape index (κ1) is 16.9. The van der Waals surface area contributed by atoms with Crippen LogP contribution in [0.3, 0.4) is 0 Å². The normalized spacial score (nSPS) is 15.8. The van der Waals surface area contributed by atoms with E-state index in [1.807, 2.05) is 60.7 Å². The molecule has 2 N–H and O–H groups in total. The minimum absolute atomic E-state index is 0.138. The highest BCUT2D eigenvalue weighted by atomic mass is 16.5. The average molecular weight is 356 g/mol. The Labute approximate surface area is 158 Å². The summed E-state index contributed by atoms with van der Waals surface area (Å²) in [6.07, 6.45) is 1.74. The van der Waals surface area contributed by atoms with Gasteiger partial charge < -0.3 is 10.5 Å². The molecule has 0 amide bonds. The maximum Gasteiger partial charge on any atom is 0.229 e. The molecule has 3 aromatic rings. The van der Waals surface area contributed by atoms with E-state index < -0.39 is 0 Å². The third-order valence-electron chi connectivity index (χ3n) is 4.74. The Bertz CT molecular complexity index is 1030. The van der Waals surface area contributed by atoms with Crippen LogP contribution in [-0.2, 0) is 6.42 Å². The minimum Gasteiger partial charge on any atom is -0.422 e. The molecule has 0 aliphatic carbocycles. The van der Waals surface area contributed by atoms with Crippen molar-refractivity contribution in [2.45, 2.75) is 25.7 Å². The summed E-state index contributed by atoms with van der Waals surface area (Å²) in [5.41, 5.74) is 10.4. The fourth-order valence-electron chi connectivity index (χ4n) is 3.56. The van der Waals surface area contributed by atoms with E-state index in [9.17, 15) is 5.26 Å². The Morgan fingerprint density at radius 2 is 1.78 bits per heavy atom. The first-order chi connectivity index (χ1) is 13.2. The SMILES string of the molecule is CCCc1nn(-c2ccccc2)c2c1[C@@H](c1ccccc1)C(C#N)=C(N)O2. The molecule has 1 aliphatic rings. The Kier molecular flexibility index (Phi) is 4.39. The van der Waals surface area contributed by atoms with Gasteiger partial charge in [-0.25, -0.2) is 4.68 Å². The lowest BCUT2D eigenvalue weighted by atomic mass is 9.83. The molecule has 0 unspecified atom stereocenters. The molecule has 1 atom stereocenters. The lowest BCUT2D eigenvalue weighted by Gasteiger charge is -2.25. The highest BCUT2D eigenvalue weighted by molar-refractivity contribution is 5.57. The van der Waals surface area contributed by atoms with E-state index >= 15 is 0 Å². The van der Waals surface area contributed by atoms with E-state index in [0.717, 1.165) is 35.3 Å². The molecule has 2 heterocycles. The van der Waals surface area contributed by atoms with E-state index in [1.54, 1.807) is 4.68 Å². The maximum absolute atomic E-state index is 9.77. The quantitative estimate of drug-likeness (QED) is 0.765. The summed E-state index contributed by atoms with van der Waals surface area (Å²) in [5, 5.41) is 14.6. The molecular weight excluding hydrogens is 336 g/mol. The third-order valence-corrected chi connectivity index (χ3v) is 4.74. The number of hydrogen-bond acceptors (Lipinski definition) is 4. The number of ether oxygens (including phenoxy) is 1. The van der Waals surface area contributed by atoms with Gasteiger partial charge in [-0.3, -0.25) is 0 Å². The van der Waals surface area contributed by atoms with Crippen LogP contribution in [0.1, 0.15) is 36.1 Å². The second-order valence-corrected chi connectivity index (χ2v) is 6.50. The zero-order valence-electron chi connectivity index (χ0n) is 15.1. The van der Waals surface area contributed by atoms with E-state index in [0.29, 0.717) is 11.5 Å². The van der Waals surface area contributed by atoms with Crippen LogP contribution in [0.2, 0.25) is 0 Å². The predicted molar refractivity (Wildman–Crippen MR) is 103 cm³/mol. The van der Waals surface area contributed by atoms with E-state index in [1.165, 1.54) is 0 Å². The summed E-state index contributed by atoms with van der Waals surface area (Å²) in [6.45, 7) is 2.12. The zero-order valence-corrected chi connectivity index (χ0v) is 15.1. The summed E-state index contributed by atoms with van der Waals surface area (Å²) in [7, 11) is 0. The van der Waals surface area contributed by atoms with Crippen molar-refractivity contribution in [3.8, 4) is 17.6 Å². The number of allylic oxidation sites excluding steroid dienone is 1. The van der Waals surface area contributed by atoms with Gasteiger partial charge in [-0.2, -0.15) is 10.4 Å². The van der Waals surface area contributed by atoms with Crippen LogP contribution in [0.25, 0.3) is 5.69 Å². The van der Waals surface area contributed by atoms with Crippen molar-refractivity contribution in [2.75, 3.05) is 0 Å². The Balaban J connectivity index is 1.98. The molecule has 2 aromatic carbocycles. The van der Waals surface area contributed by atoms with Crippen LogP contribution in [0.5, 0.6) is 5.88 Å². The van der Waals surface area contributed by atoms with Crippen LogP contribution in [-0.4, -0.2) is 9.78 Å². The zero-order chi connectivity index (χ0) is 18.8. The van der Waals surface area contributed by atoms with Crippen molar-refractivity contribution in [1.29, 1.82) is 5.26 Å². The lowest BCUT2D eigenvalue weighted by Crippen LogP contribution is -2.22. The van der Waals surface area contributed by atoms with Gasteiger partial charge in [-0.05, 0) is 24.1 Å². The topological polar surface area (TPSA) is 76.9 Å². The Morgan fingerprint density at radius 1 is 1.11 bits per heavy atom. The third kappa shape index (κ3) is 2.85. The van der Waals surface area contributed by atoms with Crippen molar-refractivity contribution >= 4 is 0 Å². The number of nitrogens with two attached hydrogens (primary N) is 1. The second kappa shape index (κ2) is 7.00. The fourth-order valence-corrected chi connectivity index (χ4v) is 3.56. The van der Waals surface area contributed by atoms with E-state index in [4.69, 9.17) is 15.6 Å². The van der Waals surface area contributed by atoms with Gasteiger partial charge in [-0.15, -0.1) is 0 Å². The van der Waals surface area contributed by atoms with Crippen molar-refractivity contribution in [3.63, 3.8) is 0 Å². The van der Waals surface area contributed by atoms with Gasteiger partial charge in [0, 0.05) is 0 Å². The van der Waals surface area contributed by atoms with Gasteiger partial charge in [0.2, 0.25) is 11.8 Å². The first-order valence-corrected chi connectivity index (χ1v) is 9.04. The number of aryl methyl sites for hydroxylation is 1. The lowest BCUT2D eigenvalue weighted by molar-refractivity contribution is 0.367. The number of hydrogen-bond donors (Lipinski definition) is 1. The molecule has 134 valence electrons. The number of aromatic nitrogens is 2. The van der Waals surface area contributed by atoms with Gasteiger partial charge in [0.25, 0.3) is 0 Å². The van der Waals surface area contributed by atoms with Crippen molar-refractivity contribution < 1.29 is 4.74 Å². The van der Waals surface area contributed by atoms with Crippen molar-refractivity contribution in [2.24, 2.45) is 5.73 Å². The summed E-state index contributed by atoms with van der Waals surface area (Å²) in [4.78, 5) is 0. The van der Waals surface area contributed by atoms with E-state index in [-0.39, 0.29) is 11.8 Å². The number of benzene rings is 2. The predicted octanol–water partition coefficient (Wildman–Crippen LogP) is 4.04. The monoisotopic (exact) mass is 356 g/mol. The van der Waals surface area contributed by atoms with Crippen LogP contribution in [0.4, 0.5) is 0 Å². The van der Waals surface area contributed by atoms with E-state index in [2.05, 4.69) is 13.0 Å². The molecule has 27 heavy (non-hydrogen) atoms. The minimum atomic E-state index is -0.279. The smallest absolute Gasteiger partial charge is 0.229 e. The molecule has 0 saturated heterocycles. The first-order valence-electron chi connectivity index (χ1n) is 9.04. The standard InChI is InChI=1S/C22H20N4O/c1-2-9-18-20-19(15-10-5-3-6-11-15)17(14-23)21(24)27-22(20)26(25-18)16-12-7-4-8-13-16/h3-8,10-13,19H,2,9,24H2,1H3/t19-/m0/s1. The van der Waals surface area contributed by atoms with Crippen LogP contribution in [0, 0.1) is 11.3 Å². The molecule has 1 aliphatic heterocycles. The van der Waals surface area contributed by atoms with Gasteiger partial charge in [-0.1, -0.05) is 61.9 Å². The van der Waals surface area contributed by atoms with Crippen molar-refractivity contribution in [3.05, 3.63) is 88.9 Å². The van der Waals surface area contributed by atoms with Crippen LogP contribution < -0.4 is 10.5 Å². The average Bonchev–Trinajstić information content (AvgIpc) is 3.06. The molecule has 0 spiro atoms. The van der Waals surface area contributed by atoms with Crippen LogP contribution in [0.15, 0.2) is 72.1 Å². The van der Waals surface area contributed by atoms with Gasteiger partial charge in [0.15, 0.2) is 0 Å². The highest BCUT2D eigenvalue weighted by Gasteiger charge is 2.36. The molecule has 5 nitrogen and oxygen atoms in total. The summed E-state index contributed by atoms with van der Waals surface area (Å²) in [5.74, 6) is 0.452. The number of nitrogens with zero attached hydrogens (tertiary/aromatic N) is 3. The molecule has 5 heteroatoms. The molecule has 0 radical (unpaired) electrons. The number of nitriles is 1. The summed E-state index contributed by atoms with van der Waals surface area (Å²) >= 11 is 0. The summed E-state index contributed by atoms with van der Waals surface area (Å²) in [6, 6.07) is 22.0. The van der Waals surface area contributed by atoms with Gasteiger partial charge >= 0.3 is 0 Å². The molecule has 0 fully saturated rings. The Morgan fingerprint density at radius 3 is 2.41 bits per heavy atom. The van der Waals surface area contributed by atoms with Gasteiger partial charge in [0.1, 0.15) is 11.6 Å². The van der Waals surface area contributed by atoms with Gasteiger partial charge in [0.05, 0.1) is 22.9 Å². The molecule has 4 rings (SSSR count). The van der Waals surface area contributed by atoms with Crippen molar-refractivity contribution in [1.82, 2.24) is 9.78 Å². The largest absolute Gasteiger partial charge is 0.422 e. The fraction of sp³-hybridized carbons (Fsp3) is 0.182. The molecule has 0 saturated carbocycles. The number of para-hydroxylation sites is 1. The number of fused-ring (bicyclic) bond motifs is 1. The second-order valence-electron chi connectivity index (χ2n) is 6.50. The maximum atomic E-state index is 9.77. The Hall–Kier alpha value is -3.52. The molecular formula is C22H20N4O. The molecule has 1 aromatic heterocycles. The highest BCUT2D eigenvalue weighted by Crippen LogP contribution is 2.45. The molecule has 0 bridgehead atoms. The summed E-state index contributed by atoms with van der Waals surface area (Å²) < 4.78 is 7.72.